The minimum absolute atomic E-state index is 0.141. The number of carboxylic acids is 1. The Hall–Kier alpha value is -1.75. The lowest BCUT2D eigenvalue weighted by atomic mass is 10.1. The summed E-state index contributed by atoms with van der Waals surface area (Å²) in [6, 6.07) is 3.15. The molecule has 110 valence electrons. The number of aliphatic carboxylic acids is 1. The fourth-order valence-electron chi connectivity index (χ4n) is 1.78. The Labute approximate surface area is 122 Å². The van der Waals surface area contributed by atoms with Gasteiger partial charge in [-0.05, 0) is 37.5 Å². The number of halogens is 1. The van der Waals surface area contributed by atoms with E-state index in [1.54, 1.807) is 19.1 Å². The molecule has 0 radical (unpaired) electrons. The van der Waals surface area contributed by atoms with Gasteiger partial charge in [0.1, 0.15) is 5.75 Å². The molecule has 0 unspecified atom stereocenters. The summed E-state index contributed by atoms with van der Waals surface area (Å²) >= 11 is 5.81. The summed E-state index contributed by atoms with van der Waals surface area (Å²) in [6.07, 6.45) is 2.15. The van der Waals surface area contributed by atoms with Crippen LogP contribution in [0.15, 0.2) is 12.1 Å². The molecule has 0 bridgehead atoms. The average Bonchev–Trinajstić information content (AvgIpc) is 2.37. The van der Waals surface area contributed by atoms with Crippen LogP contribution in [0.25, 0.3) is 0 Å². The van der Waals surface area contributed by atoms with Crippen molar-refractivity contribution in [1.82, 2.24) is 5.32 Å². The van der Waals surface area contributed by atoms with Crippen LogP contribution in [-0.4, -0.2) is 28.6 Å². The number of nitrogens with one attached hydrogen (secondary N) is 1. The van der Waals surface area contributed by atoms with Crippen molar-refractivity contribution in [3.63, 3.8) is 0 Å². The van der Waals surface area contributed by atoms with Crippen molar-refractivity contribution in [2.75, 3.05) is 6.54 Å². The number of phenols is 1. The number of rotatable bonds is 7. The van der Waals surface area contributed by atoms with E-state index in [-0.39, 0.29) is 28.7 Å². The number of aryl methyl sites for hydroxylation is 1. The van der Waals surface area contributed by atoms with Crippen LogP contribution < -0.4 is 5.32 Å². The number of amides is 1. The second-order valence-electron chi connectivity index (χ2n) is 4.60. The van der Waals surface area contributed by atoms with Crippen molar-refractivity contribution in [2.24, 2.45) is 0 Å². The number of phenolic OH excluding ortho intramolecular Hbond substituents is 1. The molecule has 6 heteroatoms. The monoisotopic (exact) mass is 299 g/mol. The first kappa shape index (κ1) is 16.3. The second-order valence-corrected chi connectivity index (χ2v) is 5.01. The van der Waals surface area contributed by atoms with Crippen molar-refractivity contribution in [2.45, 2.75) is 32.6 Å². The summed E-state index contributed by atoms with van der Waals surface area (Å²) in [6.45, 7) is 2.22. The first-order valence-electron chi connectivity index (χ1n) is 6.41. The predicted molar refractivity (Wildman–Crippen MR) is 76.3 cm³/mol. The molecule has 0 spiro atoms. The molecule has 5 nitrogen and oxygen atoms in total. The molecule has 3 N–H and O–H groups in total. The van der Waals surface area contributed by atoms with Gasteiger partial charge < -0.3 is 15.5 Å². The topological polar surface area (TPSA) is 86.6 Å². The summed E-state index contributed by atoms with van der Waals surface area (Å²) in [5, 5.41) is 21.0. The molecule has 0 heterocycles. The Bertz CT molecular complexity index is 502. The van der Waals surface area contributed by atoms with Crippen LogP contribution in [0.2, 0.25) is 5.02 Å². The number of carbonyl (C=O) groups is 2. The maximum absolute atomic E-state index is 11.9. The first-order valence-corrected chi connectivity index (χ1v) is 6.78. The number of hydrogen-bond donors (Lipinski definition) is 3. The van der Waals surface area contributed by atoms with Crippen LogP contribution in [0.3, 0.4) is 0 Å². The summed E-state index contributed by atoms with van der Waals surface area (Å²) in [7, 11) is 0. The summed E-state index contributed by atoms with van der Waals surface area (Å²) in [4.78, 5) is 22.2. The van der Waals surface area contributed by atoms with Gasteiger partial charge in [0.15, 0.2) is 0 Å². The highest BCUT2D eigenvalue weighted by atomic mass is 35.5. The lowest BCUT2D eigenvalue weighted by molar-refractivity contribution is -0.137. The van der Waals surface area contributed by atoms with E-state index in [4.69, 9.17) is 16.7 Å². The zero-order chi connectivity index (χ0) is 15.1. The van der Waals surface area contributed by atoms with E-state index in [1.165, 1.54) is 0 Å². The average molecular weight is 300 g/mol. The number of carbonyl (C=O) groups excluding carboxylic acids is 1. The standard InChI is InChI=1S/C14H18ClNO4/c1-9-7-10(13(19)11(15)8-9)14(20)16-6-4-2-3-5-12(17)18/h7-8,19H,2-6H2,1H3,(H,16,20)(H,17,18). The Morgan fingerprint density at radius 3 is 2.60 bits per heavy atom. The molecule has 1 rings (SSSR count). The molecular weight excluding hydrogens is 282 g/mol. The molecule has 1 aromatic carbocycles. The highest BCUT2D eigenvalue weighted by Crippen LogP contribution is 2.28. The van der Waals surface area contributed by atoms with Crippen LogP contribution in [-0.2, 0) is 4.79 Å². The van der Waals surface area contributed by atoms with Gasteiger partial charge >= 0.3 is 5.97 Å². The highest BCUT2D eigenvalue weighted by molar-refractivity contribution is 6.32. The van der Waals surface area contributed by atoms with E-state index in [0.717, 1.165) is 12.0 Å². The molecule has 1 aromatic rings. The van der Waals surface area contributed by atoms with E-state index >= 15 is 0 Å². The predicted octanol–water partition coefficient (Wildman–Crippen LogP) is 2.73. The largest absolute Gasteiger partial charge is 0.506 e. The van der Waals surface area contributed by atoms with Crippen LogP contribution in [0.1, 0.15) is 41.6 Å². The molecule has 0 aliphatic rings. The Morgan fingerprint density at radius 1 is 1.25 bits per heavy atom. The zero-order valence-corrected chi connectivity index (χ0v) is 12.0. The molecule has 1 amide bonds. The zero-order valence-electron chi connectivity index (χ0n) is 11.3. The Kier molecular flexibility index (Phi) is 6.31. The Morgan fingerprint density at radius 2 is 1.95 bits per heavy atom. The number of benzene rings is 1. The van der Waals surface area contributed by atoms with E-state index in [1.807, 2.05) is 0 Å². The summed E-state index contributed by atoms with van der Waals surface area (Å²) in [5.74, 6) is -1.42. The maximum atomic E-state index is 11.9. The first-order chi connectivity index (χ1) is 9.41. The fourth-order valence-corrected chi connectivity index (χ4v) is 2.06. The third-order valence-corrected chi connectivity index (χ3v) is 3.09. The molecule has 0 saturated carbocycles. The van der Waals surface area contributed by atoms with E-state index in [9.17, 15) is 14.7 Å². The quantitative estimate of drug-likeness (QED) is 0.676. The fraction of sp³-hybridized carbons (Fsp3) is 0.429. The lowest BCUT2D eigenvalue weighted by Crippen LogP contribution is -2.24. The molecule has 0 saturated heterocycles. The van der Waals surface area contributed by atoms with E-state index < -0.39 is 5.97 Å². The minimum atomic E-state index is -0.812. The number of unbranched alkanes of at least 4 members (excludes halogenated alkanes) is 2. The maximum Gasteiger partial charge on any atom is 0.303 e. The summed E-state index contributed by atoms with van der Waals surface area (Å²) in [5.41, 5.74) is 0.944. The molecule has 0 atom stereocenters. The molecule has 20 heavy (non-hydrogen) atoms. The Balaban J connectivity index is 2.42. The molecular formula is C14H18ClNO4. The summed E-state index contributed by atoms with van der Waals surface area (Å²) < 4.78 is 0. The van der Waals surface area contributed by atoms with Crippen LogP contribution in [0.5, 0.6) is 5.75 Å². The van der Waals surface area contributed by atoms with Gasteiger partial charge in [0, 0.05) is 13.0 Å². The van der Waals surface area contributed by atoms with Crippen LogP contribution in [0.4, 0.5) is 0 Å². The number of carboxylic acid groups (broad SMARTS) is 1. The molecule has 0 aromatic heterocycles. The number of hydrogen-bond acceptors (Lipinski definition) is 3. The van der Waals surface area contributed by atoms with Gasteiger partial charge in [-0.1, -0.05) is 18.0 Å². The van der Waals surface area contributed by atoms with Gasteiger partial charge in [-0.15, -0.1) is 0 Å². The van der Waals surface area contributed by atoms with Gasteiger partial charge in [0.2, 0.25) is 0 Å². The smallest absolute Gasteiger partial charge is 0.303 e. The van der Waals surface area contributed by atoms with Gasteiger partial charge in [-0.3, -0.25) is 9.59 Å². The molecule has 0 aliphatic carbocycles. The van der Waals surface area contributed by atoms with Crippen LogP contribution in [0, 0.1) is 6.92 Å². The SMILES string of the molecule is Cc1cc(Cl)c(O)c(C(=O)NCCCCCC(=O)O)c1. The number of aromatic hydroxyl groups is 1. The van der Waals surface area contributed by atoms with Gasteiger partial charge in [0.05, 0.1) is 10.6 Å². The van der Waals surface area contributed by atoms with Crippen molar-refractivity contribution in [1.29, 1.82) is 0 Å². The van der Waals surface area contributed by atoms with Gasteiger partial charge in [0.25, 0.3) is 5.91 Å². The lowest BCUT2D eigenvalue weighted by Gasteiger charge is -2.09. The second kappa shape index (κ2) is 7.75. The van der Waals surface area contributed by atoms with E-state index in [2.05, 4.69) is 5.32 Å². The molecule has 0 fully saturated rings. The van der Waals surface area contributed by atoms with Gasteiger partial charge in [-0.25, -0.2) is 0 Å². The van der Waals surface area contributed by atoms with Gasteiger partial charge in [-0.2, -0.15) is 0 Å². The van der Waals surface area contributed by atoms with E-state index in [0.29, 0.717) is 19.4 Å². The van der Waals surface area contributed by atoms with Crippen molar-refractivity contribution in [3.8, 4) is 5.75 Å². The minimum Gasteiger partial charge on any atom is -0.506 e. The normalized spacial score (nSPS) is 10.3. The van der Waals surface area contributed by atoms with Crippen molar-refractivity contribution in [3.05, 3.63) is 28.3 Å². The highest BCUT2D eigenvalue weighted by Gasteiger charge is 2.14. The van der Waals surface area contributed by atoms with Crippen molar-refractivity contribution < 1.29 is 19.8 Å². The van der Waals surface area contributed by atoms with Crippen molar-refractivity contribution >= 4 is 23.5 Å². The van der Waals surface area contributed by atoms with Crippen LogP contribution >= 0.6 is 11.6 Å². The molecule has 0 aliphatic heterocycles. The third-order valence-electron chi connectivity index (χ3n) is 2.81. The third kappa shape index (κ3) is 5.09.